The number of rotatable bonds is 7. The Hall–Kier alpha value is -2.93. The van der Waals surface area contributed by atoms with Gasteiger partial charge in [-0.05, 0) is 49.3 Å². The summed E-state index contributed by atoms with van der Waals surface area (Å²) in [5, 5.41) is 13.2. The molecule has 1 unspecified atom stereocenters. The lowest BCUT2D eigenvalue weighted by Gasteiger charge is -2.37. The number of anilines is 2. The number of carbonyl (C=O) groups excluding carboxylic acids is 1. The van der Waals surface area contributed by atoms with E-state index in [4.69, 9.17) is 4.98 Å². The average Bonchev–Trinajstić information content (AvgIpc) is 2.83. The van der Waals surface area contributed by atoms with Crippen molar-refractivity contribution in [3.05, 3.63) is 53.6 Å². The summed E-state index contributed by atoms with van der Waals surface area (Å²) in [4.78, 5) is 34.0. The molecule has 2 aromatic rings. The number of carbonyl (C=O) groups is 2. The van der Waals surface area contributed by atoms with Gasteiger partial charge in [-0.1, -0.05) is 43.3 Å². The highest BCUT2D eigenvalue weighted by molar-refractivity contribution is 5.94. The maximum Gasteiger partial charge on any atom is 0.325 e. The van der Waals surface area contributed by atoms with Crippen molar-refractivity contribution < 1.29 is 14.7 Å². The fourth-order valence-corrected chi connectivity index (χ4v) is 4.80. The van der Waals surface area contributed by atoms with E-state index in [0.29, 0.717) is 38.3 Å². The zero-order valence-corrected chi connectivity index (χ0v) is 18.7. The van der Waals surface area contributed by atoms with Crippen LogP contribution in [-0.2, 0) is 16.0 Å². The van der Waals surface area contributed by atoms with Gasteiger partial charge in [-0.25, -0.2) is 4.98 Å². The second-order valence-electron chi connectivity index (χ2n) is 8.66. The molecule has 0 bridgehead atoms. The molecular formula is C25H32N4O3. The molecule has 170 valence electrons. The second kappa shape index (κ2) is 10.1. The van der Waals surface area contributed by atoms with Crippen LogP contribution in [0.3, 0.4) is 0 Å². The highest BCUT2D eigenvalue weighted by Gasteiger charge is 2.35. The maximum atomic E-state index is 13.5. The fourth-order valence-electron chi connectivity index (χ4n) is 4.80. The Bertz CT molecular complexity index is 941. The monoisotopic (exact) mass is 436 g/mol. The van der Waals surface area contributed by atoms with Crippen molar-refractivity contribution in [3.63, 3.8) is 0 Å². The highest BCUT2D eigenvalue weighted by atomic mass is 16.4. The zero-order valence-electron chi connectivity index (χ0n) is 18.7. The summed E-state index contributed by atoms with van der Waals surface area (Å²) in [6, 6.07) is 12.7. The first kappa shape index (κ1) is 22.3. The number of benzene rings is 1. The Balaban J connectivity index is 1.46. The number of carboxylic acid groups (broad SMARTS) is 1. The van der Waals surface area contributed by atoms with Gasteiger partial charge >= 0.3 is 5.97 Å². The molecule has 1 aromatic carbocycles. The molecule has 1 amide bonds. The second-order valence-corrected chi connectivity index (χ2v) is 8.66. The number of likely N-dealkylation sites (tertiary alicyclic amines) is 1. The Morgan fingerprint density at radius 1 is 1.19 bits per heavy atom. The molecule has 4 rings (SSSR count). The molecule has 0 radical (unpaired) electrons. The fraction of sp³-hybridized carbons (Fsp3) is 0.480. The van der Waals surface area contributed by atoms with Crippen molar-refractivity contribution in [2.75, 3.05) is 36.4 Å². The van der Waals surface area contributed by atoms with Crippen molar-refractivity contribution in [2.24, 2.45) is 5.92 Å². The van der Waals surface area contributed by atoms with Crippen LogP contribution in [0.4, 0.5) is 11.6 Å². The van der Waals surface area contributed by atoms with Crippen LogP contribution in [0.5, 0.6) is 0 Å². The molecule has 0 saturated carbocycles. The van der Waals surface area contributed by atoms with E-state index in [1.807, 2.05) is 46.2 Å². The standard InChI is InChI=1S/C25H32N4O3/c1-2-15-29(21-11-10-19-9-6-14-26-23(19)27-21)24(30)20-12-16-28(17-13-20)22(25(31)32)18-7-4-3-5-8-18/h3-5,7-8,10-11,20,22H,2,6,9,12-17H2,1H3,(H,26,27)(H,31,32). The number of aliphatic carboxylic acids is 1. The van der Waals surface area contributed by atoms with Crippen molar-refractivity contribution in [3.8, 4) is 0 Å². The van der Waals surface area contributed by atoms with E-state index in [1.54, 1.807) is 0 Å². The van der Waals surface area contributed by atoms with Crippen LogP contribution < -0.4 is 10.2 Å². The van der Waals surface area contributed by atoms with E-state index < -0.39 is 12.0 Å². The predicted octanol–water partition coefficient (Wildman–Crippen LogP) is 3.72. The molecule has 3 heterocycles. The van der Waals surface area contributed by atoms with Crippen LogP contribution in [0, 0.1) is 5.92 Å². The number of aromatic nitrogens is 1. The van der Waals surface area contributed by atoms with Crippen LogP contribution in [-0.4, -0.2) is 53.0 Å². The lowest BCUT2D eigenvalue weighted by Crippen LogP contribution is -2.45. The molecule has 0 aliphatic carbocycles. The van der Waals surface area contributed by atoms with Crippen molar-refractivity contribution in [1.29, 1.82) is 0 Å². The summed E-state index contributed by atoms with van der Waals surface area (Å²) in [5.41, 5.74) is 1.99. The summed E-state index contributed by atoms with van der Waals surface area (Å²) in [7, 11) is 0. The minimum absolute atomic E-state index is 0.0985. The van der Waals surface area contributed by atoms with Gasteiger partial charge in [-0.3, -0.25) is 19.4 Å². The van der Waals surface area contributed by atoms with Crippen LogP contribution in [0.25, 0.3) is 0 Å². The van der Waals surface area contributed by atoms with Gasteiger partial charge in [0.05, 0.1) is 0 Å². The summed E-state index contributed by atoms with van der Waals surface area (Å²) >= 11 is 0. The van der Waals surface area contributed by atoms with Gasteiger partial charge in [0, 0.05) is 32.1 Å². The number of hydrogen-bond acceptors (Lipinski definition) is 5. The van der Waals surface area contributed by atoms with Crippen molar-refractivity contribution in [2.45, 2.75) is 45.1 Å². The van der Waals surface area contributed by atoms with Crippen molar-refractivity contribution >= 4 is 23.5 Å². The molecule has 1 aromatic heterocycles. The topological polar surface area (TPSA) is 85.8 Å². The molecule has 7 nitrogen and oxygen atoms in total. The Morgan fingerprint density at radius 2 is 1.94 bits per heavy atom. The van der Waals surface area contributed by atoms with Gasteiger partial charge in [-0.15, -0.1) is 0 Å². The van der Waals surface area contributed by atoms with Crippen LogP contribution in [0.15, 0.2) is 42.5 Å². The third-order valence-corrected chi connectivity index (χ3v) is 6.46. The lowest BCUT2D eigenvalue weighted by atomic mass is 9.92. The van der Waals surface area contributed by atoms with E-state index in [2.05, 4.69) is 18.3 Å². The molecular weight excluding hydrogens is 404 g/mol. The van der Waals surface area contributed by atoms with Gasteiger partial charge in [0.25, 0.3) is 0 Å². The van der Waals surface area contributed by atoms with E-state index in [0.717, 1.165) is 37.2 Å². The van der Waals surface area contributed by atoms with Gasteiger partial charge in [0.15, 0.2) is 0 Å². The van der Waals surface area contributed by atoms with Crippen LogP contribution >= 0.6 is 0 Å². The first-order valence-electron chi connectivity index (χ1n) is 11.7. The minimum Gasteiger partial charge on any atom is -0.480 e. The van der Waals surface area contributed by atoms with Crippen LogP contribution in [0.2, 0.25) is 0 Å². The molecule has 1 atom stereocenters. The smallest absolute Gasteiger partial charge is 0.325 e. The number of piperidine rings is 1. The molecule has 1 saturated heterocycles. The van der Waals surface area contributed by atoms with Gasteiger partial charge < -0.3 is 10.4 Å². The largest absolute Gasteiger partial charge is 0.480 e. The normalized spacial score (nSPS) is 17.8. The molecule has 32 heavy (non-hydrogen) atoms. The SMILES string of the molecule is CCCN(C(=O)C1CCN(C(C(=O)O)c2ccccc2)CC1)c1ccc2c(n1)NCCC2. The number of carboxylic acids is 1. The molecule has 2 aliphatic rings. The lowest BCUT2D eigenvalue weighted by molar-refractivity contribution is -0.144. The van der Waals surface area contributed by atoms with E-state index in [1.165, 1.54) is 5.56 Å². The first-order chi connectivity index (χ1) is 15.6. The summed E-state index contributed by atoms with van der Waals surface area (Å²) < 4.78 is 0. The van der Waals surface area contributed by atoms with E-state index in [9.17, 15) is 14.7 Å². The number of nitrogens with zero attached hydrogens (tertiary/aromatic N) is 3. The highest BCUT2D eigenvalue weighted by Crippen LogP contribution is 2.30. The third-order valence-electron chi connectivity index (χ3n) is 6.46. The number of amides is 1. The Labute approximate surface area is 189 Å². The number of hydrogen-bond donors (Lipinski definition) is 2. The molecule has 1 fully saturated rings. The zero-order chi connectivity index (χ0) is 22.5. The minimum atomic E-state index is -0.848. The first-order valence-corrected chi connectivity index (χ1v) is 11.7. The summed E-state index contributed by atoms with van der Waals surface area (Å²) in [6.07, 6.45) is 4.27. The summed E-state index contributed by atoms with van der Waals surface area (Å²) in [6.45, 7) is 4.78. The Morgan fingerprint density at radius 3 is 2.62 bits per heavy atom. The number of aryl methyl sites for hydroxylation is 1. The molecule has 2 N–H and O–H groups in total. The van der Waals surface area contributed by atoms with Gasteiger partial charge in [0.2, 0.25) is 5.91 Å². The van der Waals surface area contributed by atoms with Gasteiger partial charge in [0.1, 0.15) is 17.7 Å². The maximum absolute atomic E-state index is 13.5. The predicted molar refractivity (Wildman–Crippen MR) is 125 cm³/mol. The summed E-state index contributed by atoms with van der Waals surface area (Å²) in [5.74, 6) is 0.735. The number of nitrogens with one attached hydrogen (secondary N) is 1. The molecule has 7 heteroatoms. The number of fused-ring (bicyclic) bond motifs is 1. The van der Waals surface area contributed by atoms with E-state index in [-0.39, 0.29) is 11.8 Å². The number of pyridine rings is 1. The average molecular weight is 437 g/mol. The quantitative estimate of drug-likeness (QED) is 0.688. The Kier molecular flexibility index (Phi) is 7.05. The third kappa shape index (κ3) is 4.78. The van der Waals surface area contributed by atoms with Crippen molar-refractivity contribution in [1.82, 2.24) is 9.88 Å². The van der Waals surface area contributed by atoms with Crippen LogP contribution in [0.1, 0.15) is 49.8 Å². The molecule has 2 aliphatic heterocycles. The van der Waals surface area contributed by atoms with Gasteiger partial charge in [-0.2, -0.15) is 0 Å². The molecule has 0 spiro atoms. The van der Waals surface area contributed by atoms with E-state index >= 15 is 0 Å².